The van der Waals surface area contributed by atoms with E-state index in [1.54, 1.807) is 0 Å². The fourth-order valence-electron chi connectivity index (χ4n) is 0.925. The largest absolute Gasteiger partial charge is 0.330 e. The summed E-state index contributed by atoms with van der Waals surface area (Å²) in [4.78, 5) is 10.8. The summed E-state index contributed by atoms with van der Waals surface area (Å²) < 4.78 is 0. The van der Waals surface area contributed by atoms with E-state index in [4.69, 9.17) is 0 Å². The molecule has 0 aromatic rings. The predicted octanol–water partition coefficient (Wildman–Crippen LogP) is 2.94. The molecule has 0 saturated heterocycles. The second-order valence-corrected chi connectivity index (χ2v) is 2.95. The van der Waals surface area contributed by atoms with Crippen LogP contribution in [-0.4, -0.2) is 5.91 Å². The van der Waals surface area contributed by atoms with Crippen molar-refractivity contribution in [2.75, 3.05) is 0 Å². The van der Waals surface area contributed by atoms with E-state index in [0.29, 0.717) is 0 Å². The van der Waals surface area contributed by atoms with Crippen molar-refractivity contribution in [1.82, 2.24) is 5.32 Å². The number of nitrogens with one attached hydrogen (secondary N) is 1. The number of hydrogen-bond acceptors (Lipinski definition) is 1. The number of rotatable bonds is 5. The Kier molecular flexibility index (Phi) is 7.52. The first-order valence-electron chi connectivity index (χ1n) is 5.00. The molecule has 0 aliphatic rings. The zero-order chi connectivity index (χ0) is 10.8. The molecule has 0 aromatic carbocycles. The molecule has 1 N–H and O–H groups in total. The molecule has 2 heteroatoms. The Morgan fingerprint density at radius 2 is 1.93 bits per heavy atom. The molecule has 0 spiro atoms. The molecule has 0 saturated carbocycles. The molecule has 78 valence electrons. The molecule has 0 aromatic heterocycles. The third-order valence-corrected chi connectivity index (χ3v) is 1.61. The second-order valence-electron chi connectivity index (χ2n) is 2.95. The third-order valence-electron chi connectivity index (χ3n) is 1.61. The van der Waals surface area contributed by atoms with E-state index < -0.39 is 0 Å². The standard InChI is InChI=1S/C12H19NO/c1-4-6-7-8-9-10-12(5-2)13-11(3)14/h6-10H,4-5H2,1-3H3,(H,13,14)/b7-6+,9-8-,12-10+. The number of hydrogen-bond donors (Lipinski definition) is 1. The molecule has 0 radical (unpaired) electrons. The Morgan fingerprint density at radius 1 is 1.21 bits per heavy atom. The summed E-state index contributed by atoms with van der Waals surface area (Å²) in [6.45, 7) is 5.62. The van der Waals surface area contributed by atoms with Gasteiger partial charge in [0.1, 0.15) is 0 Å². The van der Waals surface area contributed by atoms with Crippen molar-refractivity contribution in [3.63, 3.8) is 0 Å². The number of allylic oxidation sites excluding steroid dienone is 6. The van der Waals surface area contributed by atoms with Gasteiger partial charge in [-0.1, -0.05) is 38.2 Å². The van der Waals surface area contributed by atoms with Gasteiger partial charge in [0.15, 0.2) is 0 Å². The molecule has 0 atom stereocenters. The van der Waals surface area contributed by atoms with Crippen LogP contribution >= 0.6 is 0 Å². The quantitative estimate of drug-likeness (QED) is 0.668. The molecule has 0 unspecified atom stereocenters. The summed E-state index contributed by atoms with van der Waals surface area (Å²) in [5.41, 5.74) is 0.943. The lowest BCUT2D eigenvalue weighted by Crippen LogP contribution is -2.18. The summed E-state index contributed by atoms with van der Waals surface area (Å²) in [6, 6.07) is 0. The Hall–Kier alpha value is -1.31. The lowest BCUT2D eigenvalue weighted by molar-refractivity contribution is -0.118. The highest BCUT2D eigenvalue weighted by atomic mass is 16.1. The highest BCUT2D eigenvalue weighted by Gasteiger charge is 1.93. The fourth-order valence-corrected chi connectivity index (χ4v) is 0.925. The molecule has 0 heterocycles. The monoisotopic (exact) mass is 193 g/mol. The summed E-state index contributed by atoms with van der Waals surface area (Å²) in [6.07, 6.45) is 11.8. The normalized spacial score (nSPS) is 12.6. The van der Waals surface area contributed by atoms with Crippen molar-refractivity contribution >= 4 is 5.91 Å². The molecular formula is C12H19NO. The van der Waals surface area contributed by atoms with E-state index in [9.17, 15) is 4.79 Å². The highest BCUT2D eigenvalue weighted by molar-refractivity contribution is 5.74. The second kappa shape index (κ2) is 8.30. The Labute approximate surface area is 86.4 Å². The van der Waals surface area contributed by atoms with Crippen LogP contribution < -0.4 is 5.32 Å². The van der Waals surface area contributed by atoms with Gasteiger partial charge in [0.2, 0.25) is 5.91 Å². The molecule has 14 heavy (non-hydrogen) atoms. The van der Waals surface area contributed by atoms with Crippen LogP contribution in [0.2, 0.25) is 0 Å². The van der Waals surface area contributed by atoms with Gasteiger partial charge in [0.05, 0.1) is 0 Å². The van der Waals surface area contributed by atoms with E-state index >= 15 is 0 Å². The van der Waals surface area contributed by atoms with Crippen LogP contribution in [0.15, 0.2) is 36.1 Å². The van der Waals surface area contributed by atoms with Crippen LogP contribution in [0.3, 0.4) is 0 Å². The average molecular weight is 193 g/mol. The van der Waals surface area contributed by atoms with Gasteiger partial charge in [0.25, 0.3) is 0 Å². The maximum Gasteiger partial charge on any atom is 0.220 e. The average Bonchev–Trinajstić information content (AvgIpc) is 2.15. The van der Waals surface area contributed by atoms with Crippen LogP contribution in [0, 0.1) is 0 Å². The SMILES string of the molecule is CC/C=C/C=C\C=C(/CC)NC(C)=O. The minimum atomic E-state index is -0.0180. The van der Waals surface area contributed by atoms with E-state index in [1.807, 2.05) is 31.2 Å². The Balaban J connectivity index is 4.10. The summed E-state index contributed by atoms with van der Waals surface area (Å²) in [7, 11) is 0. The van der Waals surface area contributed by atoms with Crippen molar-refractivity contribution < 1.29 is 4.79 Å². The van der Waals surface area contributed by atoms with E-state index in [2.05, 4.69) is 18.3 Å². The molecule has 0 fully saturated rings. The van der Waals surface area contributed by atoms with Gasteiger partial charge in [-0.2, -0.15) is 0 Å². The van der Waals surface area contributed by atoms with Gasteiger partial charge in [0, 0.05) is 12.6 Å². The van der Waals surface area contributed by atoms with Gasteiger partial charge in [-0.05, 0) is 18.9 Å². The smallest absolute Gasteiger partial charge is 0.220 e. The molecule has 2 nitrogen and oxygen atoms in total. The third kappa shape index (κ3) is 7.35. The first-order chi connectivity index (χ1) is 6.70. The molecule has 1 amide bonds. The Bertz CT molecular complexity index is 249. The van der Waals surface area contributed by atoms with Crippen molar-refractivity contribution in [2.45, 2.75) is 33.6 Å². The van der Waals surface area contributed by atoms with E-state index in [0.717, 1.165) is 18.5 Å². The van der Waals surface area contributed by atoms with Crippen LogP contribution in [-0.2, 0) is 4.79 Å². The van der Waals surface area contributed by atoms with Gasteiger partial charge in [-0.3, -0.25) is 4.79 Å². The fraction of sp³-hybridized carbons (Fsp3) is 0.417. The molecule has 0 rings (SSSR count). The summed E-state index contributed by atoms with van der Waals surface area (Å²) >= 11 is 0. The summed E-state index contributed by atoms with van der Waals surface area (Å²) in [5.74, 6) is -0.0180. The Morgan fingerprint density at radius 3 is 2.43 bits per heavy atom. The maximum atomic E-state index is 10.8. The topological polar surface area (TPSA) is 29.1 Å². The van der Waals surface area contributed by atoms with Crippen LogP contribution in [0.25, 0.3) is 0 Å². The van der Waals surface area contributed by atoms with Crippen LogP contribution in [0.5, 0.6) is 0 Å². The minimum Gasteiger partial charge on any atom is -0.330 e. The van der Waals surface area contributed by atoms with Crippen molar-refractivity contribution in [1.29, 1.82) is 0 Å². The van der Waals surface area contributed by atoms with Crippen molar-refractivity contribution in [2.24, 2.45) is 0 Å². The minimum absolute atomic E-state index is 0.0180. The molecular weight excluding hydrogens is 174 g/mol. The lowest BCUT2D eigenvalue weighted by Gasteiger charge is -2.02. The van der Waals surface area contributed by atoms with Gasteiger partial charge in [-0.25, -0.2) is 0 Å². The lowest BCUT2D eigenvalue weighted by atomic mass is 10.3. The molecule has 0 bridgehead atoms. The van der Waals surface area contributed by atoms with E-state index in [-0.39, 0.29) is 5.91 Å². The molecule has 0 aliphatic carbocycles. The zero-order valence-electron chi connectivity index (χ0n) is 9.21. The number of amides is 1. The van der Waals surface area contributed by atoms with E-state index in [1.165, 1.54) is 6.92 Å². The number of carbonyl (C=O) groups is 1. The van der Waals surface area contributed by atoms with Crippen LogP contribution in [0.4, 0.5) is 0 Å². The van der Waals surface area contributed by atoms with Crippen molar-refractivity contribution in [3.05, 3.63) is 36.1 Å². The highest BCUT2D eigenvalue weighted by Crippen LogP contribution is 1.96. The molecule has 0 aliphatic heterocycles. The number of carbonyl (C=O) groups excluding carboxylic acids is 1. The van der Waals surface area contributed by atoms with Gasteiger partial charge < -0.3 is 5.32 Å². The van der Waals surface area contributed by atoms with Crippen LogP contribution in [0.1, 0.15) is 33.6 Å². The maximum absolute atomic E-state index is 10.8. The summed E-state index contributed by atoms with van der Waals surface area (Å²) in [5, 5.41) is 2.77. The first kappa shape index (κ1) is 12.7. The first-order valence-corrected chi connectivity index (χ1v) is 5.00. The van der Waals surface area contributed by atoms with Crippen molar-refractivity contribution in [3.8, 4) is 0 Å². The zero-order valence-corrected chi connectivity index (χ0v) is 9.21. The van der Waals surface area contributed by atoms with Gasteiger partial charge in [-0.15, -0.1) is 0 Å². The predicted molar refractivity (Wildman–Crippen MR) is 60.8 cm³/mol. The van der Waals surface area contributed by atoms with Gasteiger partial charge >= 0.3 is 0 Å².